The summed E-state index contributed by atoms with van der Waals surface area (Å²) in [6, 6.07) is 0. The molecule has 0 fully saturated rings. The molecule has 0 aliphatic heterocycles. The molecule has 1 atom stereocenters. The van der Waals surface area contributed by atoms with Crippen molar-refractivity contribution in [1.29, 1.82) is 0 Å². The fraction of sp³-hybridized carbons (Fsp3) is 0.875. The van der Waals surface area contributed by atoms with E-state index in [0.29, 0.717) is 6.61 Å². The van der Waals surface area contributed by atoms with E-state index in [1.54, 1.807) is 6.92 Å². The SMILES string of the molecule is CCOCCOC(=O)C(C)C(F)(F)F. The summed E-state index contributed by atoms with van der Waals surface area (Å²) >= 11 is 0. The van der Waals surface area contributed by atoms with Crippen LogP contribution < -0.4 is 0 Å². The minimum absolute atomic E-state index is 0.118. The van der Waals surface area contributed by atoms with Crippen molar-refractivity contribution in [2.75, 3.05) is 19.8 Å². The Morgan fingerprint density at radius 3 is 2.36 bits per heavy atom. The topological polar surface area (TPSA) is 35.5 Å². The summed E-state index contributed by atoms with van der Waals surface area (Å²) in [7, 11) is 0. The predicted octanol–water partition coefficient (Wildman–Crippen LogP) is 1.76. The smallest absolute Gasteiger partial charge is 0.401 e. The van der Waals surface area contributed by atoms with Crippen LogP contribution in [0.25, 0.3) is 0 Å². The van der Waals surface area contributed by atoms with E-state index in [1.807, 2.05) is 0 Å². The predicted molar refractivity (Wildman–Crippen MR) is 42.7 cm³/mol. The lowest BCUT2D eigenvalue weighted by Crippen LogP contribution is -2.30. The first-order valence-corrected chi connectivity index (χ1v) is 4.20. The molecule has 0 aliphatic carbocycles. The van der Waals surface area contributed by atoms with Crippen LogP contribution in [0.5, 0.6) is 0 Å². The van der Waals surface area contributed by atoms with Gasteiger partial charge in [-0.25, -0.2) is 0 Å². The van der Waals surface area contributed by atoms with Crippen molar-refractivity contribution in [2.24, 2.45) is 5.92 Å². The van der Waals surface area contributed by atoms with Crippen molar-refractivity contribution in [3.63, 3.8) is 0 Å². The van der Waals surface area contributed by atoms with Crippen LogP contribution in [-0.2, 0) is 14.3 Å². The molecule has 0 bridgehead atoms. The van der Waals surface area contributed by atoms with Gasteiger partial charge in [0.15, 0.2) is 0 Å². The van der Waals surface area contributed by atoms with E-state index < -0.39 is 18.1 Å². The number of rotatable bonds is 5. The van der Waals surface area contributed by atoms with Crippen molar-refractivity contribution < 1.29 is 27.4 Å². The van der Waals surface area contributed by atoms with Gasteiger partial charge >= 0.3 is 12.1 Å². The van der Waals surface area contributed by atoms with Gasteiger partial charge in [-0.2, -0.15) is 13.2 Å². The van der Waals surface area contributed by atoms with Gasteiger partial charge in [0.25, 0.3) is 0 Å². The van der Waals surface area contributed by atoms with E-state index in [4.69, 9.17) is 4.74 Å². The van der Waals surface area contributed by atoms with Crippen molar-refractivity contribution in [1.82, 2.24) is 0 Å². The Kier molecular flexibility index (Phi) is 5.52. The maximum absolute atomic E-state index is 11.9. The number of hydrogen-bond donors (Lipinski definition) is 0. The zero-order valence-electron chi connectivity index (χ0n) is 8.06. The summed E-state index contributed by atoms with van der Waals surface area (Å²) in [6.07, 6.45) is -4.54. The summed E-state index contributed by atoms with van der Waals surface area (Å²) in [6.45, 7) is 2.91. The lowest BCUT2D eigenvalue weighted by atomic mass is 10.2. The average molecular weight is 214 g/mol. The average Bonchev–Trinajstić information content (AvgIpc) is 2.09. The molecule has 0 aromatic heterocycles. The van der Waals surface area contributed by atoms with Gasteiger partial charge < -0.3 is 9.47 Å². The van der Waals surface area contributed by atoms with Crippen molar-refractivity contribution in [3.05, 3.63) is 0 Å². The maximum atomic E-state index is 11.9. The lowest BCUT2D eigenvalue weighted by molar-refractivity contribution is -0.194. The van der Waals surface area contributed by atoms with Gasteiger partial charge in [-0.05, 0) is 13.8 Å². The fourth-order valence-electron chi connectivity index (χ4n) is 0.604. The molecular formula is C8H13F3O3. The van der Waals surface area contributed by atoms with E-state index in [1.165, 1.54) is 0 Å². The van der Waals surface area contributed by atoms with E-state index in [9.17, 15) is 18.0 Å². The van der Waals surface area contributed by atoms with Gasteiger partial charge in [-0.3, -0.25) is 4.79 Å². The molecule has 1 unspecified atom stereocenters. The quantitative estimate of drug-likeness (QED) is 0.516. The number of carbonyl (C=O) groups excluding carboxylic acids is 1. The van der Waals surface area contributed by atoms with Crippen LogP contribution in [0.4, 0.5) is 13.2 Å². The number of hydrogen-bond acceptors (Lipinski definition) is 3. The molecule has 0 aromatic carbocycles. The molecule has 0 N–H and O–H groups in total. The maximum Gasteiger partial charge on any atom is 0.401 e. The Hall–Kier alpha value is -0.780. The summed E-state index contributed by atoms with van der Waals surface area (Å²) in [5, 5.41) is 0. The van der Waals surface area contributed by atoms with Gasteiger partial charge in [0, 0.05) is 6.61 Å². The van der Waals surface area contributed by atoms with Crippen molar-refractivity contribution in [2.45, 2.75) is 20.0 Å². The first-order chi connectivity index (χ1) is 6.39. The van der Waals surface area contributed by atoms with Crippen LogP contribution >= 0.6 is 0 Å². The Morgan fingerprint density at radius 2 is 1.93 bits per heavy atom. The minimum atomic E-state index is -4.54. The highest BCUT2D eigenvalue weighted by Crippen LogP contribution is 2.26. The van der Waals surface area contributed by atoms with E-state index in [2.05, 4.69) is 4.74 Å². The number of carbonyl (C=O) groups is 1. The Balaban J connectivity index is 3.74. The zero-order valence-corrected chi connectivity index (χ0v) is 8.06. The normalized spacial score (nSPS) is 13.8. The molecular weight excluding hydrogens is 201 g/mol. The number of ether oxygens (including phenoxy) is 2. The third kappa shape index (κ3) is 5.06. The molecule has 3 nitrogen and oxygen atoms in total. The summed E-state index contributed by atoms with van der Waals surface area (Å²) < 4.78 is 45.0. The standard InChI is InChI=1S/C8H13F3O3/c1-3-13-4-5-14-7(12)6(2)8(9,10)11/h6H,3-5H2,1-2H3. The van der Waals surface area contributed by atoms with Crippen molar-refractivity contribution in [3.8, 4) is 0 Å². The van der Waals surface area contributed by atoms with E-state index in [0.717, 1.165) is 6.92 Å². The highest BCUT2D eigenvalue weighted by molar-refractivity contribution is 5.72. The first-order valence-electron chi connectivity index (χ1n) is 4.20. The summed E-state index contributed by atoms with van der Waals surface area (Å²) in [5.74, 6) is -3.35. The van der Waals surface area contributed by atoms with Crippen LogP contribution in [0.1, 0.15) is 13.8 Å². The highest BCUT2D eigenvalue weighted by Gasteiger charge is 2.42. The second-order valence-electron chi connectivity index (χ2n) is 2.63. The second-order valence-corrected chi connectivity index (χ2v) is 2.63. The molecule has 14 heavy (non-hydrogen) atoms. The van der Waals surface area contributed by atoms with Crippen LogP contribution in [0.3, 0.4) is 0 Å². The Labute approximate surface area is 80.2 Å². The molecule has 0 amide bonds. The Bertz CT molecular complexity index is 179. The van der Waals surface area contributed by atoms with Gasteiger partial charge in [-0.1, -0.05) is 0 Å². The third-order valence-electron chi connectivity index (χ3n) is 1.52. The lowest BCUT2D eigenvalue weighted by Gasteiger charge is -2.14. The Morgan fingerprint density at radius 1 is 1.36 bits per heavy atom. The van der Waals surface area contributed by atoms with Crippen LogP contribution in [-0.4, -0.2) is 32.0 Å². The third-order valence-corrected chi connectivity index (χ3v) is 1.52. The summed E-state index contributed by atoms with van der Waals surface area (Å²) in [5.41, 5.74) is 0. The van der Waals surface area contributed by atoms with Gasteiger partial charge in [0.1, 0.15) is 12.5 Å². The van der Waals surface area contributed by atoms with E-state index >= 15 is 0 Å². The second kappa shape index (κ2) is 5.85. The number of halogens is 3. The molecule has 0 spiro atoms. The van der Waals surface area contributed by atoms with Gasteiger partial charge in [-0.15, -0.1) is 0 Å². The van der Waals surface area contributed by atoms with E-state index in [-0.39, 0.29) is 13.2 Å². The fourth-order valence-corrected chi connectivity index (χ4v) is 0.604. The number of esters is 1. The molecule has 0 rings (SSSR count). The highest BCUT2D eigenvalue weighted by atomic mass is 19.4. The minimum Gasteiger partial charge on any atom is -0.463 e. The number of alkyl halides is 3. The zero-order chi connectivity index (χ0) is 11.2. The monoisotopic (exact) mass is 214 g/mol. The first kappa shape index (κ1) is 13.2. The van der Waals surface area contributed by atoms with Crippen LogP contribution in [0, 0.1) is 5.92 Å². The molecule has 0 aliphatic rings. The largest absolute Gasteiger partial charge is 0.463 e. The van der Waals surface area contributed by atoms with Crippen molar-refractivity contribution >= 4 is 5.97 Å². The molecule has 0 radical (unpaired) electrons. The van der Waals surface area contributed by atoms with Gasteiger partial charge in [0.2, 0.25) is 0 Å². The molecule has 6 heteroatoms. The molecule has 84 valence electrons. The van der Waals surface area contributed by atoms with Crippen LogP contribution in [0.2, 0.25) is 0 Å². The summed E-state index contributed by atoms with van der Waals surface area (Å²) in [4.78, 5) is 10.8. The molecule has 0 saturated carbocycles. The molecule has 0 saturated heterocycles. The molecule has 0 heterocycles. The van der Waals surface area contributed by atoms with Crippen LogP contribution in [0.15, 0.2) is 0 Å². The van der Waals surface area contributed by atoms with Gasteiger partial charge in [0.05, 0.1) is 6.61 Å². The molecule has 0 aromatic rings.